The number of ether oxygens (including phenoxy) is 1. The summed E-state index contributed by atoms with van der Waals surface area (Å²) in [6, 6.07) is 24.1. The van der Waals surface area contributed by atoms with Crippen LogP contribution in [0.3, 0.4) is 0 Å². The van der Waals surface area contributed by atoms with Crippen LogP contribution < -0.4 is 16.6 Å². The van der Waals surface area contributed by atoms with E-state index in [0.29, 0.717) is 19.6 Å². The number of amides is 1. The highest BCUT2D eigenvalue weighted by Gasteiger charge is 2.28. The maximum atomic E-state index is 12.1. The van der Waals surface area contributed by atoms with E-state index in [2.05, 4.69) is 46.8 Å². The second kappa shape index (κ2) is 9.17. The fourth-order valence-corrected chi connectivity index (χ4v) is 3.75. The monoisotopic (exact) mass is 397 g/mol. The lowest BCUT2D eigenvalue weighted by Crippen LogP contribution is -2.26. The first kappa shape index (κ1) is 19.6. The van der Waals surface area contributed by atoms with Crippen molar-refractivity contribution < 1.29 is 9.53 Å². The van der Waals surface area contributed by atoms with E-state index >= 15 is 0 Å². The molecule has 150 valence electrons. The Hall–Kier alpha value is -3.75. The van der Waals surface area contributed by atoms with Gasteiger partial charge in [-0.25, -0.2) is 4.79 Å². The summed E-state index contributed by atoms with van der Waals surface area (Å²) in [5.41, 5.74) is 9.04. The molecule has 1 amide bonds. The standard InChI is InChI=1S/C25H23N3O2/c26-28-24-15-6-1-9-18(24)10-7-8-16-27-25(29)30-17-23-21-13-4-2-11-19(21)20-12-3-5-14-22(20)23/h1-6,9,11-15,23,28H,8,16-17,26H2,(H,27,29). The molecule has 3 aromatic rings. The highest BCUT2D eigenvalue weighted by atomic mass is 16.5. The van der Waals surface area contributed by atoms with Crippen molar-refractivity contribution in [3.05, 3.63) is 89.5 Å². The van der Waals surface area contributed by atoms with Gasteiger partial charge in [-0.3, -0.25) is 5.84 Å². The van der Waals surface area contributed by atoms with Gasteiger partial charge in [0, 0.05) is 24.4 Å². The lowest BCUT2D eigenvalue weighted by atomic mass is 9.98. The lowest BCUT2D eigenvalue weighted by molar-refractivity contribution is 0.143. The van der Waals surface area contributed by atoms with Gasteiger partial charge in [-0.15, -0.1) is 0 Å². The normalized spacial score (nSPS) is 11.6. The number of carbonyl (C=O) groups excluding carboxylic acids is 1. The quantitative estimate of drug-likeness (QED) is 0.260. The van der Waals surface area contributed by atoms with Crippen molar-refractivity contribution >= 4 is 11.8 Å². The van der Waals surface area contributed by atoms with Crippen LogP contribution in [0.4, 0.5) is 10.5 Å². The lowest BCUT2D eigenvalue weighted by Gasteiger charge is -2.14. The number of carbonyl (C=O) groups is 1. The number of fused-ring (bicyclic) bond motifs is 3. The molecule has 0 saturated carbocycles. The van der Waals surface area contributed by atoms with E-state index < -0.39 is 6.09 Å². The third kappa shape index (κ3) is 4.14. The summed E-state index contributed by atoms with van der Waals surface area (Å²) in [5.74, 6) is 11.6. The Morgan fingerprint density at radius 3 is 2.27 bits per heavy atom. The summed E-state index contributed by atoms with van der Waals surface area (Å²) in [6.07, 6.45) is 0.0889. The summed E-state index contributed by atoms with van der Waals surface area (Å²) in [5, 5.41) is 2.77. The van der Waals surface area contributed by atoms with Gasteiger partial charge in [-0.05, 0) is 34.4 Å². The van der Waals surface area contributed by atoms with E-state index in [4.69, 9.17) is 10.6 Å². The summed E-state index contributed by atoms with van der Waals surface area (Å²) in [6.45, 7) is 0.725. The van der Waals surface area contributed by atoms with Crippen LogP contribution in [0.5, 0.6) is 0 Å². The molecule has 0 aliphatic heterocycles. The van der Waals surface area contributed by atoms with Crippen LogP contribution in [-0.2, 0) is 4.74 Å². The second-order valence-corrected chi connectivity index (χ2v) is 6.99. The molecule has 5 nitrogen and oxygen atoms in total. The number of rotatable bonds is 5. The topological polar surface area (TPSA) is 76.4 Å². The Labute approximate surface area is 176 Å². The number of para-hydroxylation sites is 1. The summed E-state index contributed by atoms with van der Waals surface area (Å²) < 4.78 is 5.52. The average Bonchev–Trinajstić information content (AvgIpc) is 3.11. The number of nitrogens with two attached hydrogens (primary N) is 1. The highest BCUT2D eigenvalue weighted by Crippen LogP contribution is 2.44. The maximum Gasteiger partial charge on any atom is 0.407 e. The Kier molecular flexibility index (Phi) is 5.98. The van der Waals surface area contributed by atoms with Gasteiger partial charge in [0.2, 0.25) is 0 Å². The van der Waals surface area contributed by atoms with Gasteiger partial charge in [0.1, 0.15) is 6.61 Å². The van der Waals surface area contributed by atoms with Crippen LogP contribution in [0.2, 0.25) is 0 Å². The molecule has 0 fully saturated rings. The number of hydrogen-bond acceptors (Lipinski definition) is 4. The molecule has 30 heavy (non-hydrogen) atoms. The molecule has 0 radical (unpaired) electrons. The van der Waals surface area contributed by atoms with Crippen molar-refractivity contribution in [2.75, 3.05) is 18.6 Å². The zero-order chi connectivity index (χ0) is 20.8. The van der Waals surface area contributed by atoms with Gasteiger partial charge < -0.3 is 15.5 Å². The Bertz CT molecular complexity index is 1070. The van der Waals surface area contributed by atoms with Crippen LogP contribution in [0.25, 0.3) is 11.1 Å². The molecule has 0 atom stereocenters. The highest BCUT2D eigenvalue weighted by molar-refractivity contribution is 5.79. The van der Waals surface area contributed by atoms with Crippen LogP contribution in [0, 0.1) is 11.8 Å². The fourth-order valence-electron chi connectivity index (χ4n) is 3.75. The zero-order valence-corrected chi connectivity index (χ0v) is 16.5. The van der Waals surface area contributed by atoms with E-state index in [-0.39, 0.29) is 5.92 Å². The Balaban J connectivity index is 1.29. The van der Waals surface area contributed by atoms with Crippen LogP contribution in [0.1, 0.15) is 29.0 Å². The Morgan fingerprint density at radius 2 is 1.57 bits per heavy atom. The molecule has 0 bridgehead atoms. The van der Waals surface area contributed by atoms with Gasteiger partial charge in [-0.1, -0.05) is 72.5 Å². The first-order chi connectivity index (χ1) is 14.8. The number of nitrogen functional groups attached to an aromatic ring is 1. The predicted molar refractivity (Wildman–Crippen MR) is 119 cm³/mol. The summed E-state index contributed by atoms with van der Waals surface area (Å²) >= 11 is 0. The first-order valence-corrected chi connectivity index (χ1v) is 9.91. The molecule has 3 aromatic carbocycles. The second-order valence-electron chi connectivity index (χ2n) is 6.99. The van der Waals surface area contributed by atoms with Crippen molar-refractivity contribution in [1.29, 1.82) is 0 Å². The number of anilines is 1. The van der Waals surface area contributed by atoms with Gasteiger partial charge >= 0.3 is 6.09 Å². The largest absolute Gasteiger partial charge is 0.449 e. The minimum atomic E-state index is -0.428. The maximum absolute atomic E-state index is 12.1. The van der Waals surface area contributed by atoms with Crippen LogP contribution in [-0.4, -0.2) is 19.2 Å². The van der Waals surface area contributed by atoms with Crippen molar-refractivity contribution in [1.82, 2.24) is 5.32 Å². The van der Waals surface area contributed by atoms with E-state index in [1.54, 1.807) is 0 Å². The molecule has 4 N–H and O–H groups in total. The molecule has 4 rings (SSSR count). The van der Waals surface area contributed by atoms with Gasteiger partial charge in [-0.2, -0.15) is 0 Å². The van der Waals surface area contributed by atoms with Crippen molar-refractivity contribution in [3.63, 3.8) is 0 Å². The number of hydrazine groups is 1. The number of benzene rings is 3. The molecular formula is C25H23N3O2. The molecule has 0 spiro atoms. The van der Waals surface area contributed by atoms with Crippen LogP contribution in [0.15, 0.2) is 72.8 Å². The van der Waals surface area contributed by atoms with E-state index in [1.165, 1.54) is 22.3 Å². The molecule has 5 heteroatoms. The fraction of sp³-hybridized carbons (Fsp3) is 0.160. The average molecular weight is 397 g/mol. The van der Waals surface area contributed by atoms with Crippen LogP contribution >= 0.6 is 0 Å². The summed E-state index contributed by atoms with van der Waals surface area (Å²) in [4.78, 5) is 12.1. The third-order valence-corrected chi connectivity index (χ3v) is 5.17. The zero-order valence-electron chi connectivity index (χ0n) is 16.5. The van der Waals surface area contributed by atoms with Crippen molar-refractivity contribution in [3.8, 4) is 23.0 Å². The first-order valence-electron chi connectivity index (χ1n) is 9.91. The molecule has 0 unspecified atom stereocenters. The summed E-state index contributed by atoms with van der Waals surface area (Å²) in [7, 11) is 0. The molecule has 0 aromatic heterocycles. The number of nitrogens with one attached hydrogen (secondary N) is 2. The molecule has 1 aliphatic rings. The molecule has 0 heterocycles. The molecule has 0 saturated heterocycles. The van der Waals surface area contributed by atoms with Gasteiger partial charge in [0.05, 0.1) is 5.69 Å². The predicted octanol–water partition coefficient (Wildman–Crippen LogP) is 4.25. The molecule has 1 aliphatic carbocycles. The minimum absolute atomic E-state index is 0.0585. The number of alkyl carbamates (subject to hydrolysis) is 1. The van der Waals surface area contributed by atoms with Crippen molar-refractivity contribution in [2.45, 2.75) is 12.3 Å². The third-order valence-electron chi connectivity index (χ3n) is 5.17. The van der Waals surface area contributed by atoms with Gasteiger partial charge in [0.15, 0.2) is 0 Å². The van der Waals surface area contributed by atoms with Gasteiger partial charge in [0.25, 0.3) is 0 Å². The van der Waals surface area contributed by atoms with E-state index in [9.17, 15) is 4.79 Å². The minimum Gasteiger partial charge on any atom is -0.449 e. The SMILES string of the molecule is NNc1ccccc1C#CCCNC(=O)OCC1c2ccccc2-c2ccccc21. The molecular weight excluding hydrogens is 374 g/mol. The Morgan fingerprint density at radius 1 is 0.933 bits per heavy atom. The van der Waals surface area contributed by atoms with E-state index in [0.717, 1.165) is 11.3 Å². The van der Waals surface area contributed by atoms with Crippen molar-refractivity contribution in [2.24, 2.45) is 5.84 Å². The smallest absolute Gasteiger partial charge is 0.407 e. The number of hydrogen-bond donors (Lipinski definition) is 3. The van der Waals surface area contributed by atoms with E-state index in [1.807, 2.05) is 48.5 Å².